The predicted octanol–water partition coefficient (Wildman–Crippen LogP) is 3.84. The van der Waals surface area contributed by atoms with Gasteiger partial charge in [0.25, 0.3) is 0 Å². The van der Waals surface area contributed by atoms with Gasteiger partial charge in [-0.25, -0.2) is 0 Å². The molecule has 0 spiro atoms. The number of carbonyl (C=O) groups is 2. The van der Waals surface area contributed by atoms with Crippen molar-refractivity contribution in [2.24, 2.45) is 0 Å². The fourth-order valence-corrected chi connectivity index (χ4v) is 3.90. The van der Waals surface area contributed by atoms with Gasteiger partial charge in [-0.05, 0) is 36.6 Å². The molecule has 0 saturated carbocycles. The molecule has 0 radical (unpaired) electrons. The summed E-state index contributed by atoms with van der Waals surface area (Å²) in [5.41, 5.74) is 2.03. The fourth-order valence-electron chi connectivity index (χ4n) is 3.73. The van der Waals surface area contributed by atoms with Crippen LogP contribution < -0.4 is 10.1 Å². The van der Waals surface area contributed by atoms with E-state index >= 15 is 0 Å². The summed E-state index contributed by atoms with van der Waals surface area (Å²) in [6.45, 7) is 2.87. The summed E-state index contributed by atoms with van der Waals surface area (Å²) >= 11 is 6.04. The van der Waals surface area contributed by atoms with Crippen LogP contribution in [-0.4, -0.2) is 61.4 Å². The van der Waals surface area contributed by atoms with Crippen LogP contribution >= 0.6 is 11.6 Å². The van der Waals surface area contributed by atoms with Crippen molar-refractivity contribution in [1.82, 2.24) is 9.80 Å². The minimum Gasteiger partial charge on any atom is -0.495 e. The molecule has 0 bridgehead atoms. The monoisotopic (exact) mass is 443 g/mol. The first-order valence-electron chi connectivity index (χ1n) is 10.7. The molecule has 7 heteroatoms. The molecule has 0 aliphatic carbocycles. The smallest absolute Gasteiger partial charge is 0.224 e. The van der Waals surface area contributed by atoms with E-state index in [0.29, 0.717) is 56.3 Å². The molecule has 0 unspecified atom stereocenters. The van der Waals surface area contributed by atoms with Gasteiger partial charge in [-0.2, -0.15) is 0 Å². The van der Waals surface area contributed by atoms with Crippen molar-refractivity contribution in [2.75, 3.05) is 45.2 Å². The number of nitrogens with zero attached hydrogens (tertiary/aromatic N) is 2. The van der Waals surface area contributed by atoms with Gasteiger partial charge in [0.2, 0.25) is 11.8 Å². The zero-order chi connectivity index (χ0) is 22.1. The van der Waals surface area contributed by atoms with E-state index in [9.17, 15) is 9.59 Å². The Bertz CT molecular complexity index is 868. The van der Waals surface area contributed by atoms with Gasteiger partial charge in [-0.15, -0.1) is 0 Å². The van der Waals surface area contributed by atoms with E-state index in [4.69, 9.17) is 16.3 Å². The lowest BCUT2D eigenvalue weighted by atomic mass is 10.1. The number of benzene rings is 2. The summed E-state index contributed by atoms with van der Waals surface area (Å²) in [4.78, 5) is 28.7. The molecule has 1 saturated heterocycles. The van der Waals surface area contributed by atoms with Gasteiger partial charge in [-0.1, -0.05) is 41.9 Å². The molecule has 0 atom stereocenters. The summed E-state index contributed by atoms with van der Waals surface area (Å²) in [5, 5.41) is 3.83. The lowest BCUT2D eigenvalue weighted by Gasteiger charge is -2.35. The zero-order valence-electron chi connectivity index (χ0n) is 18.0. The third kappa shape index (κ3) is 6.89. The largest absolute Gasteiger partial charge is 0.495 e. The number of halogens is 1. The Hall–Kier alpha value is -2.73. The highest BCUT2D eigenvalue weighted by Gasteiger charge is 2.23. The van der Waals surface area contributed by atoms with Crippen molar-refractivity contribution in [3.63, 3.8) is 0 Å². The molecule has 1 aliphatic heterocycles. The number of nitrogens with one attached hydrogen (secondary N) is 1. The van der Waals surface area contributed by atoms with Gasteiger partial charge in [0, 0.05) is 50.6 Å². The summed E-state index contributed by atoms with van der Waals surface area (Å²) in [6, 6.07) is 15.6. The van der Waals surface area contributed by atoms with Crippen LogP contribution in [0.15, 0.2) is 48.5 Å². The molecular weight excluding hydrogens is 414 g/mol. The van der Waals surface area contributed by atoms with E-state index in [1.54, 1.807) is 25.3 Å². The van der Waals surface area contributed by atoms with Crippen LogP contribution in [0, 0.1) is 0 Å². The zero-order valence-corrected chi connectivity index (χ0v) is 18.7. The van der Waals surface area contributed by atoms with E-state index in [2.05, 4.69) is 17.4 Å². The molecule has 2 aromatic carbocycles. The summed E-state index contributed by atoms with van der Waals surface area (Å²) in [5.74, 6) is 0.957. The topological polar surface area (TPSA) is 61.9 Å². The number of aryl methyl sites for hydroxylation is 1. The molecule has 6 nitrogen and oxygen atoms in total. The number of hydrogen-bond donors (Lipinski definition) is 1. The molecule has 1 aliphatic rings. The minimum absolute atomic E-state index is 0.0877. The maximum absolute atomic E-state index is 12.5. The summed E-state index contributed by atoms with van der Waals surface area (Å²) < 4.78 is 5.31. The average Bonchev–Trinajstić information content (AvgIpc) is 2.80. The maximum atomic E-state index is 12.5. The first-order valence-corrected chi connectivity index (χ1v) is 11.1. The SMILES string of the molecule is COc1ccc(Cl)cc1NCCC(=O)N1CCN(C(=O)CCCc2ccccc2)CC1. The third-order valence-electron chi connectivity index (χ3n) is 5.50. The second-order valence-electron chi connectivity index (χ2n) is 7.62. The van der Waals surface area contributed by atoms with Crippen molar-refractivity contribution in [3.05, 3.63) is 59.1 Å². The number of anilines is 1. The summed E-state index contributed by atoms with van der Waals surface area (Å²) in [6.07, 6.45) is 2.69. The van der Waals surface area contributed by atoms with Gasteiger partial charge in [0.05, 0.1) is 12.8 Å². The van der Waals surface area contributed by atoms with E-state index < -0.39 is 0 Å². The quantitative estimate of drug-likeness (QED) is 0.639. The Balaban J connectivity index is 1.35. The van der Waals surface area contributed by atoms with Crippen molar-refractivity contribution in [3.8, 4) is 5.75 Å². The number of ether oxygens (including phenoxy) is 1. The molecule has 2 amide bonds. The molecule has 166 valence electrons. The van der Waals surface area contributed by atoms with Crippen LogP contribution in [0.5, 0.6) is 5.75 Å². The van der Waals surface area contributed by atoms with Gasteiger partial charge >= 0.3 is 0 Å². The predicted molar refractivity (Wildman–Crippen MR) is 124 cm³/mol. The number of piperazine rings is 1. The second kappa shape index (κ2) is 11.6. The molecule has 1 heterocycles. The lowest BCUT2D eigenvalue weighted by molar-refractivity contribution is -0.139. The highest BCUT2D eigenvalue weighted by molar-refractivity contribution is 6.30. The van der Waals surface area contributed by atoms with Crippen LogP contribution in [0.2, 0.25) is 5.02 Å². The van der Waals surface area contributed by atoms with Crippen LogP contribution in [0.3, 0.4) is 0 Å². The Morgan fingerprint density at radius 2 is 1.61 bits per heavy atom. The highest BCUT2D eigenvalue weighted by atomic mass is 35.5. The van der Waals surface area contributed by atoms with Crippen LogP contribution in [0.1, 0.15) is 24.8 Å². The van der Waals surface area contributed by atoms with Crippen molar-refractivity contribution < 1.29 is 14.3 Å². The standard InChI is InChI=1S/C24H30ClN3O3/c1-31-22-11-10-20(25)18-21(22)26-13-12-24(30)28-16-14-27(15-17-28)23(29)9-5-8-19-6-3-2-4-7-19/h2-4,6-7,10-11,18,26H,5,8-9,12-17H2,1H3. The van der Waals surface area contributed by atoms with Gasteiger partial charge in [0.1, 0.15) is 5.75 Å². The first kappa shape index (κ1) is 22.9. The van der Waals surface area contributed by atoms with Crippen LogP contribution in [0.4, 0.5) is 5.69 Å². The fraction of sp³-hybridized carbons (Fsp3) is 0.417. The number of amides is 2. The number of hydrogen-bond acceptors (Lipinski definition) is 4. The van der Waals surface area contributed by atoms with Crippen molar-refractivity contribution >= 4 is 29.1 Å². The van der Waals surface area contributed by atoms with E-state index in [1.807, 2.05) is 28.0 Å². The number of rotatable bonds is 9. The number of carbonyl (C=O) groups excluding carboxylic acids is 2. The van der Waals surface area contributed by atoms with Crippen molar-refractivity contribution in [2.45, 2.75) is 25.7 Å². The van der Waals surface area contributed by atoms with Gasteiger partial charge in [0.15, 0.2) is 0 Å². The van der Waals surface area contributed by atoms with Gasteiger partial charge in [-0.3, -0.25) is 9.59 Å². The average molecular weight is 444 g/mol. The highest BCUT2D eigenvalue weighted by Crippen LogP contribution is 2.27. The molecule has 0 aromatic heterocycles. The molecular formula is C24H30ClN3O3. The van der Waals surface area contributed by atoms with E-state index in [1.165, 1.54) is 5.56 Å². The molecule has 2 aromatic rings. The maximum Gasteiger partial charge on any atom is 0.224 e. The lowest BCUT2D eigenvalue weighted by Crippen LogP contribution is -2.50. The second-order valence-corrected chi connectivity index (χ2v) is 8.06. The normalized spacial score (nSPS) is 13.7. The molecule has 1 fully saturated rings. The Morgan fingerprint density at radius 1 is 0.968 bits per heavy atom. The molecule has 31 heavy (non-hydrogen) atoms. The first-order chi connectivity index (χ1) is 15.1. The van der Waals surface area contributed by atoms with Gasteiger partial charge < -0.3 is 19.9 Å². The van der Waals surface area contributed by atoms with Crippen LogP contribution in [-0.2, 0) is 16.0 Å². The van der Waals surface area contributed by atoms with E-state index in [-0.39, 0.29) is 11.8 Å². The third-order valence-corrected chi connectivity index (χ3v) is 5.73. The Kier molecular flexibility index (Phi) is 8.59. The van der Waals surface area contributed by atoms with Crippen LogP contribution in [0.25, 0.3) is 0 Å². The summed E-state index contributed by atoms with van der Waals surface area (Å²) in [7, 11) is 1.60. The van der Waals surface area contributed by atoms with E-state index in [0.717, 1.165) is 18.5 Å². The Morgan fingerprint density at radius 3 is 2.26 bits per heavy atom. The molecule has 1 N–H and O–H groups in total. The minimum atomic E-state index is 0.0877. The Labute approximate surface area is 189 Å². The number of methoxy groups -OCH3 is 1. The molecule has 3 rings (SSSR count). The van der Waals surface area contributed by atoms with Crippen molar-refractivity contribution in [1.29, 1.82) is 0 Å².